The lowest BCUT2D eigenvalue weighted by atomic mass is 9.97. The fourth-order valence-corrected chi connectivity index (χ4v) is 2.36. The van der Waals surface area contributed by atoms with Crippen molar-refractivity contribution in [3.63, 3.8) is 0 Å². The second-order valence-electron chi connectivity index (χ2n) is 5.75. The summed E-state index contributed by atoms with van der Waals surface area (Å²) < 4.78 is 5.89. The quantitative estimate of drug-likeness (QED) is 0.745. The average Bonchev–Trinajstić information content (AvgIpc) is 2.61. The van der Waals surface area contributed by atoms with Crippen LogP contribution in [0.5, 0.6) is 5.75 Å². The van der Waals surface area contributed by atoms with E-state index in [0.29, 0.717) is 19.7 Å². The van der Waals surface area contributed by atoms with Gasteiger partial charge < -0.3 is 15.2 Å². The molecule has 0 saturated heterocycles. The number of pyridine rings is 1. The van der Waals surface area contributed by atoms with Gasteiger partial charge in [-0.3, -0.25) is 4.98 Å². The Kier molecular flexibility index (Phi) is 6.56. The summed E-state index contributed by atoms with van der Waals surface area (Å²) >= 11 is 0. The van der Waals surface area contributed by atoms with Crippen molar-refractivity contribution in [1.29, 1.82) is 0 Å². The van der Waals surface area contributed by atoms with Crippen molar-refractivity contribution in [3.8, 4) is 5.75 Å². The number of para-hydroxylation sites is 1. The molecule has 1 aromatic carbocycles. The average molecular weight is 314 g/mol. The monoisotopic (exact) mass is 314 g/mol. The molecule has 0 unspecified atom stereocenters. The zero-order chi connectivity index (χ0) is 16.5. The highest BCUT2D eigenvalue weighted by Gasteiger charge is 2.21. The van der Waals surface area contributed by atoms with E-state index in [9.17, 15) is 5.11 Å². The molecule has 1 heterocycles. The Hall–Kier alpha value is -1.91. The molecule has 4 heteroatoms. The number of aliphatic hydroxyl groups is 1. The third-order valence-corrected chi connectivity index (χ3v) is 4.16. The number of aromatic nitrogens is 1. The SMILES string of the molecule is CCC(O)(CC)CNCc1ccccc1OCc1ccccn1. The van der Waals surface area contributed by atoms with Crippen molar-refractivity contribution < 1.29 is 9.84 Å². The topological polar surface area (TPSA) is 54.4 Å². The van der Waals surface area contributed by atoms with Crippen molar-refractivity contribution in [2.75, 3.05) is 6.54 Å². The molecule has 0 saturated carbocycles. The molecule has 0 fully saturated rings. The van der Waals surface area contributed by atoms with Crippen LogP contribution >= 0.6 is 0 Å². The van der Waals surface area contributed by atoms with Crippen LogP contribution in [0.25, 0.3) is 0 Å². The second kappa shape index (κ2) is 8.65. The molecular weight excluding hydrogens is 288 g/mol. The number of hydrogen-bond donors (Lipinski definition) is 2. The van der Waals surface area contributed by atoms with Crippen LogP contribution in [0.3, 0.4) is 0 Å². The lowest BCUT2D eigenvalue weighted by Crippen LogP contribution is -2.39. The van der Waals surface area contributed by atoms with Crippen LogP contribution in [0.2, 0.25) is 0 Å². The van der Waals surface area contributed by atoms with Gasteiger partial charge in [0.1, 0.15) is 12.4 Å². The van der Waals surface area contributed by atoms with Crippen molar-refractivity contribution in [2.45, 2.75) is 45.4 Å². The molecule has 4 nitrogen and oxygen atoms in total. The molecule has 2 N–H and O–H groups in total. The predicted molar refractivity (Wildman–Crippen MR) is 92.2 cm³/mol. The summed E-state index contributed by atoms with van der Waals surface area (Å²) in [6, 6.07) is 13.8. The molecule has 23 heavy (non-hydrogen) atoms. The smallest absolute Gasteiger partial charge is 0.130 e. The molecule has 0 spiro atoms. The molecule has 0 bridgehead atoms. The van der Waals surface area contributed by atoms with Gasteiger partial charge in [-0.25, -0.2) is 0 Å². The number of ether oxygens (including phenoxy) is 1. The Morgan fingerprint density at radius 1 is 1.09 bits per heavy atom. The summed E-state index contributed by atoms with van der Waals surface area (Å²) in [6.07, 6.45) is 3.26. The minimum absolute atomic E-state index is 0.450. The Bertz CT molecular complexity index is 583. The summed E-state index contributed by atoms with van der Waals surface area (Å²) in [5, 5.41) is 13.7. The first-order valence-electron chi connectivity index (χ1n) is 8.20. The van der Waals surface area contributed by atoms with Gasteiger partial charge in [-0.2, -0.15) is 0 Å². The second-order valence-corrected chi connectivity index (χ2v) is 5.75. The maximum absolute atomic E-state index is 10.3. The first kappa shape index (κ1) is 17.4. The number of hydrogen-bond acceptors (Lipinski definition) is 4. The van der Waals surface area contributed by atoms with Gasteiger partial charge in [0, 0.05) is 24.8 Å². The van der Waals surface area contributed by atoms with E-state index in [0.717, 1.165) is 29.8 Å². The minimum atomic E-state index is -0.635. The molecule has 0 atom stereocenters. The van der Waals surface area contributed by atoms with Gasteiger partial charge in [0.2, 0.25) is 0 Å². The van der Waals surface area contributed by atoms with E-state index in [1.807, 2.05) is 56.3 Å². The van der Waals surface area contributed by atoms with E-state index in [1.54, 1.807) is 6.20 Å². The maximum atomic E-state index is 10.3. The van der Waals surface area contributed by atoms with Gasteiger partial charge in [0.25, 0.3) is 0 Å². The first-order valence-corrected chi connectivity index (χ1v) is 8.20. The van der Waals surface area contributed by atoms with Gasteiger partial charge in [-0.05, 0) is 31.0 Å². The molecular formula is C19H26N2O2. The Balaban J connectivity index is 1.92. The largest absolute Gasteiger partial charge is 0.487 e. The normalized spacial score (nSPS) is 11.4. The fraction of sp³-hybridized carbons (Fsp3) is 0.421. The van der Waals surface area contributed by atoms with E-state index in [2.05, 4.69) is 10.3 Å². The Labute approximate surface area is 138 Å². The molecule has 1 aromatic heterocycles. The number of rotatable bonds is 9. The van der Waals surface area contributed by atoms with Gasteiger partial charge in [-0.1, -0.05) is 38.1 Å². The summed E-state index contributed by atoms with van der Waals surface area (Å²) in [5.41, 5.74) is 1.35. The van der Waals surface area contributed by atoms with Gasteiger partial charge in [-0.15, -0.1) is 0 Å². The van der Waals surface area contributed by atoms with E-state index in [-0.39, 0.29) is 0 Å². The third kappa shape index (κ3) is 5.34. The molecule has 0 radical (unpaired) electrons. The molecule has 2 aromatic rings. The van der Waals surface area contributed by atoms with Crippen LogP contribution in [0.1, 0.15) is 37.9 Å². The van der Waals surface area contributed by atoms with E-state index < -0.39 is 5.60 Å². The Morgan fingerprint density at radius 3 is 2.52 bits per heavy atom. The van der Waals surface area contributed by atoms with E-state index >= 15 is 0 Å². The summed E-state index contributed by atoms with van der Waals surface area (Å²) in [5.74, 6) is 0.849. The molecule has 0 aliphatic rings. The highest BCUT2D eigenvalue weighted by atomic mass is 16.5. The third-order valence-electron chi connectivity index (χ3n) is 4.16. The van der Waals surface area contributed by atoms with E-state index in [1.165, 1.54) is 0 Å². The summed E-state index contributed by atoms with van der Waals surface area (Å²) in [4.78, 5) is 4.27. The summed E-state index contributed by atoms with van der Waals surface area (Å²) in [6.45, 7) is 5.71. The van der Waals surface area contributed by atoms with Gasteiger partial charge in [0.15, 0.2) is 0 Å². The molecule has 0 amide bonds. The standard InChI is InChI=1S/C19H26N2O2/c1-3-19(22,4-2)15-20-13-16-9-5-6-11-18(16)23-14-17-10-7-8-12-21-17/h5-12,20,22H,3-4,13-15H2,1-2H3. The fourth-order valence-electron chi connectivity index (χ4n) is 2.36. The highest BCUT2D eigenvalue weighted by Crippen LogP contribution is 2.20. The number of nitrogens with one attached hydrogen (secondary N) is 1. The first-order chi connectivity index (χ1) is 11.2. The molecule has 0 aliphatic heterocycles. The Morgan fingerprint density at radius 2 is 1.83 bits per heavy atom. The minimum Gasteiger partial charge on any atom is -0.487 e. The van der Waals surface area contributed by atoms with Crippen molar-refractivity contribution in [2.24, 2.45) is 0 Å². The van der Waals surface area contributed by atoms with Crippen LogP contribution in [-0.2, 0) is 13.2 Å². The van der Waals surface area contributed by atoms with Crippen LogP contribution in [0.15, 0.2) is 48.7 Å². The summed E-state index contributed by atoms with van der Waals surface area (Å²) in [7, 11) is 0. The van der Waals surface area contributed by atoms with Gasteiger partial charge in [0.05, 0.1) is 11.3 Å². The predicted octanol–water partition coefficient (Wildman–Crippen LogP) is 3.30. The van der Waals surface area contributed by atoms with Crippen LogP contribution in [0, 0.1) is 0 Å². The molecule has 124 valence electrons. The highest BCUT2D eigenvalue weighted by molar-refractivity contribution is 5.33. The van der Waals surface area contributed by atoms with Crippen LogP contribution in [-0.4, -0.2) is 22.2 Å². The lowest BCUT2D eigenvalue weighted by molar-refractivity contribution is 0.0322. The van der Waals surface area contributed by atoms with Crippen molar-refractivity contribution in [3.05, 3.63) is 59.9 Å². The van der Waals surface area contributed by atoms with Crippen LogP contribution < -0.4 is 10.1 Å². The van der Waals surface area contributed by atoms with Crippen molar-refractivity contribution >= 4 is 0 Å². The molecule has 0 aliphatic carbocycles. The number of nitrogens with zero attached hydrogens (tertiary/aromatic N) is 1. The zero-order valence-electron chi connectivity index (χ0n) is 14.0. The lowest BCUT2D eigenvalue weighted by Gasteiger charge is -2.25. The van der Waals surface area contributed by atoms with Gasteiger partial charge >= 0.3 is 0 Å². The zero-order valence-corrected chi connectivity index (χ0v) is 14.0. The number of benzene rings is 1. The van der Waals surface area contributed by atoms with Crippen LogP contribution in [0.4, 0.5) is 0 Å². The molecule has 2 rings (SSSR count). The van der Waals surface area contributed by atoms with Crippen molar-refractivity contribution in [1.82, 2.24) is 10.3 Å². The maximum Gasteiger partial charge on any atom is 0.130 e. The van der Waals surface area contributed by atoms with E-state index in [4.69, 9.17) is 4.74 Å².